The summed E-state index contributed by atoms with van der Waals surface area (Å²) in [6.07, 6.45) is 3.88. The van der Waals surface area contributed by atoms with E-state index in [-0.39, 0.29) is 16.4 Å². The van der Waals surface area contributed by atoms with Crippen molar-refractivity contribution >= 4 is 38.6 Å². The maximum absolute atomic E-state index is 12.6. The normalized spacial score (nSPS) is 28.9. The van der Waals surface area contributed by atoms with Gasteiger partial charge in [-0.15, -0.1) is 0 Å². The lowest BCUT2D eigenvalue weighted by molar-refractivity contribution is 0.0504. The van der Waals surface area contributed by atoms with Gasteiger partial charge in [-0.3, -0.25) is 0 Å². The van der Waals surface area contributed by atoms with Crippen LogP contribution in [0.2, 0.25) is 0 Å². The number of ether oxygens (including phenoxy) is 1. The van der Waals surface area contributed by atoms with E-state index in [4.69, 9.17) is 14.0 Å². The summed E-state index contributed by atoms with van der Waals surface area (Å²) in [5.41, 5.74) is 0.347. The van der Waals surface area contributed by atoms with Crippen LogP contribution in [0.1, 0.15) is 56.8 Å². The highest BCUT2D eigenvalue weighted by Gasteiger charge is 2.62. The van der Waals surface area contributed by atoms with Crippen molar-refractivity contribution in [3.05, 3.63) is 40.2 Å². The predicted molar refractivity (Wildman–Crippen MR) is 118 cm³/mol. The molecule has 3 unspecified atom stereocenters. The van der Waals surface area contributed by atoms with Gasteiger partial charge in [-0.1, -0.05) is 41.9 Å². The van der Waals surface area contributed by atoms with Crippen LogP contribution >= 0.6 is 15.9 Å². The fourth-order valence-electron chi connectivity index (χ4n) is 4.86. The number of hydrogen-bond donors (Lipinski definition) is 0. The molecule has 0 spiro atoms. The Balaban J connectivity index is 1.56. The summed E-state index contributed by atoms with van der Waals surface area (Å²) in [5, 5.41) is 5.72. The Hall–Kier alpha value is -2.15. The molecule has 1 aromatic heterocycles. The smallest absolute Gasteiger partial charge is 0.373 e. The minimum absolute atomic E-state index is 0.0950. The zero-order valence-corrected chi connectivity index (χ0v) is 19.1. The molecule has 6 nitrogen and oxygen atoms in total. The standard InChI is InChI=1S/C23H26BrNO5/c1-4-9-28-16-6-5-14-10-17(20(26)29-18(14)12-16)21(27)30-25-19-11-15-7-8-22(19,2)23(15,3)13-24/h5-6,10,12,15H,4,7-9,11,13H2,1-3H3/b25-19+. The fraction of sp³-hybridized carbons (Fsp3) is 0.522. The summed E-state index contributed by atoms with van der Waals surface area (Å²) in [5.74, 6) is 0.346. The average Bonchev–Trinajstić information content (AvgIpc) is 3.11. The van der Waals surface area contributed by atoms with Gasteiger partial charge in [0, 0.05) is 22.2 Å². The molecule has 2 aliphatic rings. The summed E-state index contributed by atoms with van der Waals surface area (Å²) in [4.78, 5) is 30.2. The number of hydrogen-bond acceptors (Lipinski definition) is 6. The third kappa shape index (κ3) is 3.27. The number of carbonyl (C=O) groups excluding carboxylic acids is 1. The van der Waals surface area contributed by atoms with Gasteiger partial charge in [0.05, 0.1) is 12.3 Å². The van der Waals surface area contributed by atoms with Crippen molar-refractivity contribution in [2.75, 3.05) is 11.9 Å². The van der Waals surface area contributed by atoms with E-state index < -0.39 is 11.6 Å². The first-order valence-electron chi connectivity index (χ1n) is 10.4. The Morgan fingerprint density at radius 3 is 2.83 bits per heavy atom. The number of fused-ring (bicyclic) bond motifs is 3. The van der Waals surface area contributed by atoms with Crippen LogP contribution in [-0.4, -0.2) is 23.6 Å². The van der Waals surface area contributed by atoms with Crippen LogP contribution < -0.4 is 10.4 Å². The zero-order chi connectivity index (χ0) is 21.5. The van der Waals surface area contributed by atoms with Crippen molar-refractivity contribution in [3.63, 3.8) is 0 Å². The van der Waals surface area contributed by atoms with Crippen LogP contribution in [-0.2, 0) is 4.84 Å². The van der Waals surface area contributed by atoms with Crippen LogP contribution in [0.5, 0.6) is 5.75 Å². The zero-order valence-electron chi connectivity index (χ0n) is 17.5. The SMILES string of the molecule is CCCOc1ccc2cc(C(=O)O/N=C3\CC4CCC3(C)C4(C)CBr)c(=O)oc2c1. The minimum atomic E-state index is -0.795. The highest BCUT2D eigenvalue weighted by molar-refractivity contribution is 9.09. The fourth-order valence-corrected chi connectivity index (χ4v) is 5.94. The molecule has 3 atom stereocenters. The molecule has 30 heavy (non-hydrogen) atoms. The molecule has 160 valence electrons. The molecule has 1 aromatic carbocycles. The Bertz CT molecular complexity index is 1080. The second-order valence-corrected chi connectivity index (χ2v) is 9.30. The summed E-state index contributed by atoms with van der Waals surface area (Å²) in [6, 6.07) is 6.67. The maximum atomic E-state index is 12.6. The molecule has 2 bridgehead atoms. The van der Waals surface area contributed by atoms with E-state index in [1.165, 1.54) is 6.07 Å². The van der Waals surface area contributed by atoms with Gasteiger partial charge >= 0.3 is 11.6 Å². The van der Waals surface area contributed by atoms with Crippen molar-refractivity contribution in [1.29, 1.82) is 0 Å². The van der Waals surface area contributed by atoms with Crippen LogP contribution in [0.15, 0.2) is 38.6 Å². The van der Waals surface area contributed by atoms with E-state index in [0.717, 1.165) is 36.7 Å². The minimum Gasteiger partial charge on any atom is -0.493 e. The van der Waals surface area contributed by atoms with Crippen molar-refractivity contribution in [2.24, 2.45) is 21.9 Å². The number of benzene rings is 1. The third-order valence-electron chi connectivity index (χ3n) is 7.15. The van der Waals surface area contributed by atoms with Crippen molar-refractivity contribution in [1.82, 2.24) is 0 Å². The van der Waals surface area contributed by atoms with Gasteiger partial charge in [-0.05, 0) is 55.2 Å². The third-order valence-corrected chi connectivity index (χ3v) is 8.31. The molecule has 0 saturated heterocycles. The molecule has 7 heteroatoms. The van der Waals surface area contributed by atoms with E-state index in [1.807, 2.05) is 6.92 Å². The highest BCUT2D eigenvalue weighted by atomic mass is 79.9. The molecule has 2 aliphatic carbocycles. The van der Waals surface area contributed by atoms with Gasteiger partial charge in [0.15, 0.2) is 0 Å². The lowest BCUT2D eigenvalue weighted by atomic mass is 9.70. The Morgan fingerprint density at radius 2 is 2.13 bits per heavy atom. The van der Waals surface area contributed by atoms with E-state index in [2.05, 4.69) is 34.9 Å². The van der Waals surface area contributed by atoms with Crippen LogP contribution in [0, 0.1) is 16.7 Å². The van der Waals surface area contributed by atoms with Crippen LogP contribution in [0.4, 0.5) is 0 Å². The molecular formula is C23H26BrNO5. The second kappa shape index (κ2) is 7.84. The van der Waals surface area contributed by atoms with Crippen LogP contribution in [0.25, 0.3) is 11.0 Å². The molecule has 0 N–H and O–H groups in total. The number of oxime groups is 1. The molecular weight excluding hydrogens is 450 g/mol. The molecule has 4 rings (SSSR count). The number of halogens is 1. The quantitative estimate of drug-likeness (QED) is 0.244. The second-order valence-electron chi connectivity index (χ2n) is 8.74. The summed E-state index contributed by atoms with van der Waals surface area (Å²) in [6.45, 7) is 7.05. The number of alkyl halides is 1. The number of rotatable bonds is 6. The maximum Gasteiger partial charge on any atom is 0.373 e. The van der Waals surface area contributed by atoms with Crippen molar-refractivity contribution in [2.45, 2.75) is 46.5 Å². The molecule has 2 saturated carbocycles. The summed E-state index contributed by atoms with van der Waals surface area (Å²) < 4.78 is 10.9. The van der Waals surface area contributed by atoms with E-state index in [0.29, 0.717) is 29.2 Å². The molecule has 0 aliphatic heterocycles. The van der Waals surface area contributed by atoms with Gasteiger partial charge in [0.2, 0.25) is 0 Å². The highest BCUT2D eigenvalue weighted by Crippen LogP contribution is 2.64. The molecule has 2 aromatic rings. The van der Waals surface area contributed by atoms with E-state index >= 15 is 0 Å². The molecule has 1 heterocycles. The van der Waals surface area contributed by atoms with Gasteiger partial charge in [0.25, 0.3) is 0 Å². The number of carbonyl (C=O) groups is 1. The topological polar surface area (TPSA) is 78.1 Å². The lowest BCUT2D eigenvalue weighted by Crippen LogP contribution is -2.36. The van der Waals surface area contributed by atoms with E-state index in [1.54, 1.807) is 18.2 Å². The molecule has 2 fully saturated rings. The first-order valence-corrected chi connectivity index (χ1v) is 11.5. The largest absolute Gasteiger partial charge is 0.493 e. The lowest BCUT2D eigenvalue weighted by Gasteiger charge is -2.36. The van der Waals surface area contributed by atoms with Crippen molar-refractivity contribution in [3.8, 4) is 5.75 Å². The van der Waals surface area contributed by atoms with Gasteiger partial charge in [-0.25, -0.2) is 9.59 Å². The van der Waals surface area contributed by atoms with Gasteiger partial charge in [-0.2, -0.15) is 0 Å². The summed E-state index contributed by atoms with van der Waals surface area (Å²) in [7, 11) is 0. The number of nitrogens with zero attached hydrogens (tertiary/aromatic N) is 1. The Labute approximate surface area is 183 Å². The Morgan fingerprint density at radius 1 is 1.33 bits per heavy atom. The van der Waals surface area contributed by atoms with Gasteiger partial charge in [0.1, 0.15) is 16.9 Å². The van der Waals surface area contributed by atoms with Gasteiger partial charge < -0.3 is 14.0 Å². The first-order chi connectivity index (χ1) is 14.3. The van der Waals surface area contributed by atoms with E-state index in [9.17, 15) is 9.59 Å². The first kappa shape index (κ1) is 21.1. The summed E-state index contributed by atoms with van der Waals surface area (Å²) >= 11 is 3.66. The monoisotopic (exact) mass is 475 g/mol. The van der Waals surface area contributed by atoms with Crippen LogP contribution in [0.3, 0.4) is 0 Å². The molecule has 0 amide bonds. The molecule has 0 radical (unpaired) electrons. The Kier molecular flexibility index (Phi) is 5.51. The average molecular weight is 476 g/mol. The predicted octanol–water partition coefficient (Wildman–Crippen LogP) is 5.32. The van der Waals surface area contributed by atoms with Crippen molar-refractivity contribution < 1.29 is 18.8 Å².